The minimum atomic E-state index is -0.141. The third-order valence-electron chi connectivity index (χ3n) is 5.83. The number of aryl methyl sites for hydroxylation is 1. The number of nitrogens with one attached hydrogen (secondary N) is 1. The third kappa shape index (κ3) is 3.82. The Morgan fingerprint density at radius 3 is 2.77 bits per heavy atom. The molecule has 1 amide bonds. The van der Waals surface area contributed by atoms with Crippen LogP contribution in [0.25, 0.3) is 11.3 Å². The van der Waals surface area contributed by atoms with Crippen molar-refractivity contribution >= 4 is 17.5 Å². The molecule has 31 heavy (non-hydrogen) atoms. The molecule has 0 bridgehead atoms. The molecule has 1 N–H and O–H groups in total. The van der Waals surface area contributed by atoms with E-state index in [1.165, 1.54) is 0 Å². The molecule has 2 aliphatic heterocycles. The van der Waals surface area contributed by atoms with Crippen molar-refractivity contribution in [2.45, 2.75) is 18.9 Å². The number of anilines is 2. The zero-order chi connectivity index (χ0) is 21.4. The fraction of sp³-hybridized carbons (Fsp3) is 0.304. The second-order valence-corrected chi connectivity index (χ2v) is 7.84. The van der Waals surface area contributed by atoms with Crippen molar-refractivity contribution in [1.29, 1.82) is 0 Å². The maximum absolute atomic E-state index is 12.6. The number of carbonyl (C=O) groups excluding carboxylic acids is 1. The Morgan fingerprint density at radius 1 is 1.10 bits per heavy atom. The Kier molecular flexibility index (Phi) is 4.99. The number of pyridine rings is 1. The fourth-order valence-corrected chi connectivity index (χ4v) is 4.12. The number of fused-ring (bicyclic) bond motifs is 1. The summed E-state index contributed by atoms with van der Waals surface area (Å²) in [5.41, 5.74) is 4.45. The first kappa shape index (κ1) is 19.4. The lowest BCUT2D eigenvalue weighted by Crippen LogP contribution is -2.41. The molecule has 0 saturated carbocycles. The van der Waals surface area contributed by atoms with Gasteiger partial charge in [0.2, 0.25) is 11.9 Å². The summed E-state index contributed by atoms with van der Waals surface area (Å²) in [4.78, 5) is 35.2. The first-order valence-electron chi connectivity index (χ1n) is 10.4. The molecule has 0 spiro atoms. The summed E-state index contributed by atoms with van der Waals surface area (Å²) in [6.07, 6.45) is 4.48. The van der Waals surface area contributed by atoms with Gasteiger partial charge < -0.3 is 15.0 Å². The van der Waals surface area contributed by atoms with Crippen LogP contribution in [0.1, 0.15) is 23.7 Å². The number of morpholine rings is 1. The molecule has 0 radical (unpaired) electrons. The fourth-order valence-electron chi connectivity index (χ4n) is 4.12. The SMILES string of the molecule is Cn1c(N2CCOC(c3ccc4c(c3)CCC(=O)N4)C2)nc(-c2ccncc2)cc1=O. The van der Waals surface area contributed by atoms with Crippen LogP contribution in [0.5, 0.6) is 0 Å². The average molecular weight is 417 g/mol. The summed E-state index contributed by atoms with van der Waals surface area (Å²) in [6.45, 7) is 1.77. The molecule has 1 atom stereocenters. The molecule has 1 saturated heterocycles. The molecule has 3 aromatic rings. The minimum Gasteiger partial charge on any atom is -0.370 e. The summed E-state index contributed by atoms with van der Waals surface area (Å²) < 4.78 is 7.64. The van der Waals surface area contributed by atoms with Crippen molar-refractivity contribution in [2.75, 3.05) is 29.9 Å². The monoisotopic (exact) mass is 417 g/mol. The molecule has 5 rings (SSSR count). The first-order valence-corrected chi connectivity index (χ1v) is 10.4. The van der Waals surface area contributed by atoms with Gasteiger partial charge in [-0.05, 0) is 35.7 Å². The van der Waals surface area contributed by atoms with Crippen LogP contribution >= 0.6 is 0 Å². The third-order valence-corrected chi connectivity index (χ3v) is 5.83. The van der Waals surface area contributed by atoms with Crippen LogP contribution < -0.4 is 15.8 Å². The molecule has 2 aromatic heterocycles. The Labute approximate surface area is 179 Å². The number of aromatic nitrogens is 3. The van der Waals surface area contributed by atoms with E-state index in [0.717, 1.165) is 28.8 Å². The van der Waals surface area contributed by atoms with Gasteiger partial charge in [0, 0.05) is 49.7 Å². The number of ether oxygens (including phenoxy) is 1. The Bertz CT molecular complexity index is 1190. The molecule has 0 aliphatic carbocycles. The van der Waals surface area contributed by atoms with Gasteiger partial charge in [0.05, 0.1) is 18.8 Å². The first-order chi connectivity index (χ1) is 15.1. The Morgan fingerprint density at radius 2 is 1.94 bits per heavy atom. The van der Waals surface area contributed by atoms with Crippen molar-refractivity contribution in [1.82, 2.24) is 14.5 Å². The standard InChI is InChI=1S/C23H23N5O3/c1-27-22(30)13-19(15-6-8-24-9-7-15)26-23(27)28-10-11-31-20(14-28)17-2-4-18-16(12-17)3-5-21(29)25-18/h2,4,6-9,12-13,20H,3,5,10-11,14H2,1H3,(H,25,29). The van der Waals surface area contributed by atoms with E-state index < -0.39 is 0 Å². The largest absolute Gasteiger partial charge is 0.370 e. The zero-order valence-corrected chi connectivity index (χ0v) is 17.2. The number of nitrogens with zero attached hydrogens (tertiary/aromatic N) is 4. The van der Waals surface area contributed by atoms with Gasteiger partial charge in [0.15, 0.2) is 0 Å². The lowest BCUT2D eigenvalue weighted by Gasteiger charge is -2.35. The van der Waals surface area contributed by atoms with Crippen molar-refractivity contribution in [3.63, 3.8) is 0 Å². The molecule has 1 unspecified atom stereocenters. The van der Waals surface area contributed by atoms with E-state index in [0.29, 0.717) is 37.8 Å². The van der Waals surface area contributed by atoms with E-state index >= 15 is 0 Å². The molecule has 158 valence electrons. The second-order valence-electron chi connectivity index (χ2n) is 7.84. The van der Waals surface area contributed by atoms with Crippen LogP contribution in [0.4, 0.5) is 11.6 Å². The highest BCUT2D eigenvalue weighted by molar-refractivity contribution is 5.93. The predicted molar refractivity (Wildman–Crippen MR) is 117 cm³/mol. The van der Waals surface area contributed by atoms with Crippen molar-refractivity contribution in [3.05, 3.63) is 70.3 Å². The topological polar surface area (TPSA) is 89.3 Å². The molecule has 8 nitrogen and oxygen atoms in total. The summed E-state index contributed by atoms with van der Waals surface area (Å²) >= 11 is 0. The van der Waals surface area contributed by atoms with E-state index in [1.54, 1.807) is 30.1 Å². The predicted octanol–water partition coefficient (Wildman–Crippen LogP) is 2.30. The van der Waals surface area contributed by atoms with Crippen LogP contribution in [-0.2, 0) is 23.0 Å². The average Bonchev–Trinajstić information content (AvgIpc) is 2.81. The maximum Gasteiger partial charge on any atom is 0.255 e. The quantitative estimate of drug-likeness (QED) is 0.704. The highest BCUT2D eigenvalue weighted by Crippen LogP contribution is 2.30. The number of carbonyl (C=O) groups is 1. The van der Waals surface area contributed by atoms with Crippen molar-refractivity contribution < 1.29 is 9.53 Å². The number of hydrogen-bond donors (Lipinski definition) is 1. The summed E-state index contributed by atoms with van der Waals surface area (Å²) in [6, 6.07) is 11.3. The molecule has 1 fully saturated rings. The molecule has 4 heterocycles. The highest BCUT2D eigenvalue weighted by atomic mass is 16.5. The number of benzene rings is 1. The van der Waals surface area contributed by atoms with Gasteiger partial charge in [-0.3, -0.25) is 19.1 Å². The van der Waals surface area contributed by atoms with Gasteiger partial charge in [-0.1, -0.05) is 12.1 Å². The van der Waals surface area contributed by atoms with Crippen LogP contribution in [-0.4, -0.2) is 40.1 Å². The maximum atomic E-state index is 12.6. The number of rotatable bonds is 3. The van der Waals surface area contributed by atoms with E-state index in [1.807, 2.05) is 24.3 Å². The lowest BCUT2D eigenvalue weighted by molar-refractivity contribution is -0.116. The Balaban J connectivity index is 1.44. The van der Waals surface area contributed by atoms with Gasteiger partial charge in [-0.15, -0.1) is 0 Å². The molecular formula is C23H23N5O3. The van der Waals surface area contributed by atoms with Gasteiger partial charge in [0.25, 0.3) is 5.56 Å². The second kappa shape index (κ2) is 7.96. The van der Waals surface area contributed by atoms with E-state index in [2.05, 4.69) is 21.3 Å². The van der Waals surface area contributed by atoms with Crippen molar-refractivity contribution in [2.24, 2.45) is 7.05 Å². The van der Waals surface area contributed by atoms with E-state index in [4.69, 9.17) is 9.72 Å². The molecule has 8 heteroatoms. The van der Waals surface area contributed by atoms with Gasteiger partial charge in [0.1, 0.15) is 6.10 Å². The Hall–Kier alpha value is -3.52. The van der Waals surface area contributed by atoms with Gasteiger partial charge in [-0.25, -0.2) is 4.98 Å². The van der Waals surface area contributed by atoms with Crippen LogP contribution in [0.3, 0.4) is 0 Å². The summed E-state index contributed by atoms with van der Waals surface area (Å²) in [7, 11) is 1.74. The molecule has 1 aromatic carbocycles. The van der Waals surface area contributed by atoms with E-state index in [9.17, 15) is 9.59 Å². The minimum absolute atomic E-state index is 0.0569. The van der Waals surface area contributed by atoms with E-state index in [-0.39, 0.29) is 17.6 Å². The van der Waals surface area contributed by atoms with Crippen LogP contribution in [0.15, 0.2) is 53.6 Å². The van der Waals surface area contributed by atoms with Gasteiger partial charge >= 0.3 is 0 Å². The summed E-state index contributed by atoms with van der Waals surface area (Å²) in [5, 5.41) is 2.92. The van der Waals surface area contributed by atoms with Gasteiger partial charge in [-0.2, -0.15) is 0 Å². The number of hydrogen-bond acceptors (Lipinski definition) is 6. The highest BCUT2D eigenvalue weighted by Gasteiger charge is 2.26. The zero-order valence-electron chi connectivity index (χ0n) is 17.2. The number of amides is 1. The van der Waals surface area contributed by atoms with Crippen LogP contribution in [0, 0.1) is 0 Å². The van der Waals surface area contributed by atoms with Crippen LogP contribution in [0.2, 0.25) is 0 Å². The molecular weight excluding hydrogens is 394 g/mol. The van der Waals surface area contributed by atoms with Crippen molar-refractivity contribution in [3.8, 4) is 11.3 Å². The lowest BCUT2D eigenvalue weighted by atomic mass is 9.97. The normalized spacial score (nSPS) is 18.4. The summed E-state index contributed by atoms with van der Waals surface area (Å²) in [5.74, 6) is 0.680. The molecule has 2 aliphatic rings. The smallest absolute Gasteiger partial charge is 0.255 e.